The summed E-state index contributed by atoms with van der Waals surface area (Å²) in [7, 11) is -4.14. The van der Waals surface area contributed by atoms with Crippen molar-refractivity contribution in [3.8, 4) is 0 Å². The molecule has 0 aromatic heterocycles. The molecule has 0 aliphatic heterocycles. The minimum atomic E-state index is -4.14. The quantitative estimate of drug-likeness (QED) is 0.289. The van der Waals surface area contributed by atoms with E-state index in [1.807, 2.05) is 0 Å². The summed E-state index contributed by atoms with van der Waals surface area (Å²) in [6, 6.07) is 0. The molecule has 7 nitrogen and oxygen atoms in total. The molecule has 100 valence electrons. The number of ether oxygens (including phenoxy) is 3. The van der Waals surface area contributed by atoms with Gasteiger partial charge in [-0.1, -0.05) is 0 Å². The third-order valence-corrected chi connectivity index (χ3v) is 2.58. The fraction of sp³-hybridized carbons (Fsp3) is 1.00. The summed E-state index contributed by atoms with van der Waals surface area (Å²) in [5.41, 5.74) is -1.25. The second kappa shape index (κ2) is 11.8. The van der Waals surface area contributed by atoms with E-state index in [-0.39, 0.29) is 56.0 Å². The molecule has 0 amide bonds. The van der Waals surface area contributed by atoms with Crippen molar-refractivity contribution in [3.05, 3.63) is 0 Å². The van der Waals surface area contributed by atoms with Gasteiger partial charge in [-0.3, -0.25) is 4.55 Å². The monoisotopic (exact) mass is 282 g/mol. The second-order valence-electron chi connectivity index (χ2n) is 2.90. The molecule has 0 rings (SSSR count). The normalized spacial score (nSPS) is 13.1. The molecule has 0 radical (unpaired) electrons. The minimum absolute atomic E-state index is 0. The predicted molar refractivity (Wildman–Crippen MR) is 62.8 cm³/mol. The number of hydrogen-bond acceptors (Lipinski definition) is 6. The summed E-state index contributed by atoms with van der Waals surface area (Å²) in [6.07, 6.45) is 0. The molecule has 2 N–H and O–H groups in total. The number of hydrogen-bond donors (Lipinski definition) is 2. The molecule has 0 saturated carbocycles. The van der Waals surface area contributed by atoms with Crippen LogP contribution in [0, 0.1) is 0 Å². The van der Waals surface area contributed by atoms with Crippen molar-refractivity contribution in [3.63, 3.8) is 0 Å². The molecule has 0 heterocycles. The average Bonchev–Trinajstić information content (AvgIpc) is 2.20. The van der Waals surface area contributed by atoms with Gasteiger partial charge in [0.15, 0.2) is 5.44 Å². The number of aliphatic hydroxyl groups is 1. The summed E-state index contributed by atoms with van der Waals surface area (Å²) in [5.74, 6) is 0. The van der Waals surface area contributed by atoms with Crippen molar-refractivity contribution in [1.29, 1.82) is 0 Å². The zero-order chi connectivity index (χ0) is 12.4. The standard InChI is InChI=1S/C8H18O7S.Na.H/c1-8(16(10,11)12)15-7-6-14-5-4-13-3-2-9;;/h8-9H,2-7H2,1H3,(H,10,11,12);;. The molecule has 0 spiro atoms. The van der Waals surface area contributed by atoms with Gasteiger partial charge in [0.25, 0.3) is 10.1 Å². The molecular formula is C8H19NaO7S. The zero-order valence-electron chi connectivity index (χ0n) is 9.16. The van der Waals surface area contributed by atoms with Crippen LogP contribution in [-0.2, 0) is 24.3 Å². The third kappa shape index (κ3) is 13.0. The first-order valence-electron chi connectivity index (χ1n) is 4.82. The first kappa shape index (κ1) is 20.1. The van der Waals surface area contributed by atoms with Crippen LogP contribution in [-0.4, -0.2) is 92.7 Å². The van der Waals surface area contributed by atoms with Gasteiger partial charge in [-0.05, 0) is 6.92 Å². The number of rotatable bonds is 10. The van der Waals surface area contributed by atoms with Crippen LogP contribution in [0.25, 0.3) is 0 Å². The molecule has 0 saturated heterocycles. The zero-order valence-corrected chi connectivity index (χ0v) is 9.98. The van der Waals surface area contributed by atoms with E-state index in [1.165, 1.54) is 6.92 Å². The molecule has 0 aromatic carbocycles. The van der Waals surface area contributed by atoms with Crippen LogP contribution in [0.1, 0.15) is 6.92 Å². The van der Waals surface area contributed by atoms with Crippen molar-refractivity contribution in [1.82, 2.24) is 0 Å². The molecule has 1 atom stereocenters. The van der Waals surface area contributed by atoms with E-state index in [0.717, 1.165) is 0 Å². The van der Waals surface area contributed by atoms with E-state index >= 15 is 0 Å². The van der Waals surface area contributed by atoms with E-state index in [4.69, 9.17) is 23.9 Å². The summed E-state index contributed by atoms with van der Waals surface area (Å²) < 4.78 is 44.3. The Morgan fingerprint density at radius 1 is 1.06 bits per heavy atom. The molecule has 0 bridgehead atoms. The van der Waals surface area contributed by atoms with Crippen LogP contribution in [0.3, 0.4) is 0 Å². The maximum atomic E-state index is 10.5. The van der Waals surface area contributed by atoms with Gasteiger partial charge in [-0.25, -0.2) is 0 Å². The van der Waals surface area contributed by atoms with Crippen molar-refractivity contribution in [2.75, 3.05) is 39.6 Å². The first-order chi connectivity index (χ1) is 7.48. The van der Waals surface area contributed by atoms with Gasteiger partial charge < -0.3 is 19.3 Å². The Morgan fingerprint density at radius 3 is 2.00 bits per heavy atom. The van der Waals surface area contributed by atoms with E-state index in [9.17, 15) is 8.42 Å². The van der Waals surface area contributed by atoms with Gasteiger partial charge in [0.1, 0.15) is 0 Å². The fourth-order valence-electron chi connectivity index (χ4n) is 0.746. The van der Waals surface area contributed by atoms with E-state index in [0.29, 0.717) is 13.2 Å². The van der Waals surface area contributed by atoms with E-state index in [2.05, 4.69) is 0 Å². The van der Waals surface area contributed by atoms with Crippen LogP contribution in [0.2, 0.25) is 0 Å². The van der Waals surface area contributed by atoms with Crippen molar-refractivity contribution < 1.29 is 32.3 Å². The SMILES string of the molecule is CC(OCCOCCOCCO)S(=O)(=O)O.[NaH]. The van der Waals surface area contributed by atoms with Crippen LogP contribution < -0.4 is 0 Å². The van der Waals surface area contributed by atoms with Crippen molar-refractivity contribution >= 4 is 39.7 Å². The second-order valence-corrected chi connectivity index (χ2v) is 4.60. The Kier molecular flexibility index (Phi) is 14.0. The summed E-state index contributed by atoms with van der Waals surface area (Å²) >= 11 is 0. The van der Waals surface area contributed by atoms with Crippen LogP contribution >= 0.6 is 0 Å². The van der Waals surface area contributed by atoms with Crippen LogP contribution in [0.15, 0.2) is 0 Å². The van der Waals surface area contributed by atoms with Crippen LogP contribution in [0.4, 0.5) is 0 Å². The maximum absolute atomic E-state index is 10.5. The predicted octanol–water partition coefficient (Wildman–Crippen LogP) is -1.39. The van der Waals surface area contributed by atoms with Gasteiger partial charge in [0.2, 0.25) is 0 Å². The molecule has 0 aliphatic rings. The molecule has 0 aliphatic carbocycles. The third-order valence-electron chi connectivity index (χ3n) is 1.61. The molecule has 9 heteroatoms. The summed E-state index contributed by atoms with van der Waals surface area (Å²) in [6.45, 7) is 2.44. The first-order valence-corrected chi connectivity index (χ1v) is 6.33. The van der Waals surface area contributed by atoms with Gasteiger partial charge in [0, 0.05) is 0 Å². The molecule has 0 fully saturated rings. The Morgan fingerprint density at radius 2 is 1.53 bits per heavy atom. The Hall–Kier alpha value is 0.750. The number of aliphatic hydroxyl groups excluding tert-OH is 1. The Balaban J connectivity index is 0. The van der Waals surface area contributed by atoms with Crippen LogP contribution in [0.5, 0.6) is 0 Å². The summed E-state index contributed by atoms with van der Waals surface area (Å²) in [5, 5.41) is 8.38. The van der Waals surface area contributed by atoms with Gasteiger partial charge in [0.05, 0.1) is 39.6 Å². The van der Waals surface area contributed by atoms with Crippen molar-refractivity contribution in [2.45, 2.75) is 12.4 Å². The topological polar surface area (TPSA) is 102 Å². The molecular weight excluding hydrogens is 263 g/mol. The molecule has 1 unspecified atom stereocenters. The Labute approximate surface area is 123 Å². The van der Waals surface area contributed by atoms with E-state index in [1.54, 1.807) is 0 Å². The van der Waals surface area contributed by atoms with Crippen molar-refractivity contribution in [2.24, 2.45) is 0 Å². The summed E-state index contributed by atoms with van der Waals surface area (Å²) in [4.78, 5) is 0. The fourth-order valence-corrected chi connectivity index (χ4v) is 1.01. The molecule has 0 aromatic rings. The van der Waals surface area contributed by atoms with Gasteiger partial charge in [-0.2, -0.15) is 8.42 Å². The van der Waals surface area contributed by atoms with Gasteiger partial charge >= 0.3 is 29.6 Å². The van der Waals surface area contributed by atoms with Gasteiger partial charge in [-0.15, -0.1) is 0 Å². The Bertz CT molecular complexity index is 257. The van der Waals surface area contributed by atoms with E-state index < -0.39 is 15.6 Å². The average molecular weight is 282 g/mol. The molecule has 17 heavy (non-hydrogen) atoms.